The number of halogens is 3. The van der Waals surface area contributed by atoms with E-state index in [-0.39, 0.29) is 26.0 Å². The Morgan fingerprint density at radius 2 is 2.00 bits per heavy atom. The van der Waals surface area contributed by atoms with E-state index >= 15 is 0 Å². The van der Waals surface area contributed by atoms with Crippen LogP contribution in [0.3, 0.4) is 0 Å². The van der Waals surface area contributed by atoms with E-state index in [2.05, 4.69) is 16.6 Å². The van der Waals surface area contributed by atoms with E-state index in [0.29, 0.717) is 6.42 Å². The molecule has 0 aromatic carbocycles. The molecule has 116 valence electrons. The van der Waals surface area contributed by atoms with Crippen molar-refractivity contribution in [3.05, 3.63) is 12.7 Å². The highest BCUT2D eigenvalue weighted by Gasteiger charge is 2.34. The number of unbranched alkanes of at least 4 members (excludes halogenated alkanes) is 1. The van der Waals surface area contributed by atoms with E-state index in [1.54, 1.807) is 0 Å². The molecule has 0 saturated carbocycles. The number of hydrogen-bond donors (Lipinski definition) is 2. The lowest BCUT2D eigenvalue weighted by atomic mass is 9.98. The van der Waals surface area contributed by atoms with Crippen LogP contribution in [0.2, 0.25) is 0 Å². The first-order valence-electron chi connectivity index (χ1n) is 6.07. The summed E-state index contributed by atoms with van der Waals surface area (Å²) < 4.78 is 41.0. The van der Waals surface area contributed by atoms with E-state index in [1.807, 2.05) is 0 Å². The molecule has 2 N–H and O–H groups in total. The third-order valence-corrected chi connectivity index (χ3v) is 2.41. The lowest BCUT2D eigenvalue weighted by Gasteiger charge is -2.14. The quantitative estimate of drug-likeness (QED) is 0.507. The predicted octanol–water partition coefficient (Wildman–Crippen LogP) is 2.72. The Bertz CT molecular complexity index is 331. The third kappa shape index (κ3) is 10.2. The van der Waals surface area contributed by atoms with Gasteiger partial charge < -0.3 is 15.2 Å². The van der Waals surface area contributed by atoms with E-state index in [1.165, 1.54) is 6.08 Å². The average Bonchev–Trinajstić information content (AvgIpc) is 2.32. The number of nitrogens with one attached hydrogen (secondary N) is 1. The van der Waals surface area contributed by atoms with Crippen LogP contribution in [0.1, 0.15) is 25.7 Å². The van der Waals surface area contributed by atoms with Gasteiger partial charge in [0.15, 0.2) is 0 Å². The summed E-state index contributed by atoms with van der Waals surface area (Å²) in [6.45, 7) is 3.64. The molecule has 1 amide bonds. The molecule has 0 spiro atoms. The Morgan fingerprint density at radius 1 is 1.35 bits per heavy atom. The third-order valence-electron chi connectivity index (χ3n) is 2.41. The first kappa shape index (κ1) is 18.3. The summed E-state index contributed by atoms with van der Waals surface area (Å²) in [6.07, 6.45) is -4.51. The number of carboxylic acid groups (broad SMARTS) is 1. The van der Waals surface area contributed by atoms with Crippen LogP contribution >= 0.6 is 0 Å². The highest BCUT2D eigenvalue weighted by molar-refractivity contribution is 5.70. The molecule has 0 heterocycles. The number of amides is 1. The molecule has 0 radical (unpaired) electrons. The van der Waals surface area contributed by atoms with Crippen LogP contribution in [0.15, 0.2) is 12.7 Å². The van der Waals surface area contributed by atoms with Gasteiger partial charge in [-0.3, -0.25) is 4.79 Å². The van der Waals surface area contributed by atoms with Crippen molar-refractivity contribution in [2.75, 3.05) is 13.2 Å². The summed E-state index contributed by atoms with van der Waals surface area (Å²) in [5.41, 5.74) is 0. The van der Waals surface area contributed by atoms with Gasteiger partial charge in [-0.15, -0.1) is 0 Å². The molecule has 20 heavy (non-hydrogen) atoms. The first-order chi connectivity index (χ1) is 9.26. The molecule has 0 aliphatic rings. The number of alkyl halides is 3. The molecule has 0 fully saturated rings. The predicted molar refractivity (Wildman–Crippen MR) is 65.2 cm³/mol. The topological polar surface area (TPSA) is 75.6 Å². The largest absolute Gasteiger partial charge is 0.481 e. The highest BCUT2D eigenvalue weighted by atomic mass is 19.4. The Kier molecular flexibility index (Phi) is 8.42. The van der Waals surface area contributed by atoms with E-state index in [9.17, 15) is 22.8 Å². The maximum Gasteiger partial charge on any atom is 0.407 e. The minimum absolute atomic E-state index is 0.0680. The van der Waals surface area contributed by atoms with Gasteiger partial charge in [-0.1, -0.05) is 19.1 Å². The van der Waals surface area contributed by atoms with Gasteiger partial charge in [-0.05, 0) is 12.8 Å². The molecule has 0 aromatic heterocycles. The summed E-state index contributed by atoms with van der Waals surface area (Å²) >= 11 is 0. The maximum atomic E-state index is 12.1. The summed E-state index contributed by atoms with van der Waals surface area (Å²) in [6, 6.07) is 0. The zero-order valence-corrected chi connectivity index (χ0v) is 10.9. The fourth-order valence-corrected chi connectivity index (χ4v) is 1.48. The molecule has 0 bridgehead atoms. The normalized spacial score (nSPS) is 12.6. The highest BCUT2D eigenvalue weighted by Crippen LogP contribution is 2.27. The average molecular weight is 297 g/mol. The Balaban J connectivity index is 3.82. The van der Waals surface area contributed by atoms with Crippen LogP contribution in [0, 0.1) is 5.92 Å². The SMILES string of the molecule is C=CCOC(=O)NCCCCC(CC(F)(F)F)C(=O)O. The number of aliphatic carboxylic acids is 1. The number of carbonyl (C=O) groups excluding carboxylic acids is 1. The Morgan fingerprint density at radius 3 is 2.50 bits per heavy atom. The number of rotatable bonds is 9. The summed E-state index contributed by atoms with van der Waals surface area (Å²) in [5, 5.41) is 11.1. The van der Waals surface area contributed by atoms with Gasteiger partial charge in [0.2, 0.25) is 0 Å². The molecular formula is C12H18F3NO4. The van der Waals surface area contributed by atoms with Crippen molar-refractivity contribution in [1.82, 2.24) is 5.32 Å². The van der Waals surface area contributed by atoms with Gasteiger partial charge in [0.25, 0.3) is 0 Å². The summed E-state index contributed by atoms with van der Waals surface area (Å²) in [5.74, 6) is -2.90. The molecule has 0 saturated heterocycles. The number of carboxylic acids is 1. The Labute approximate surface area is 114 Å². The molecule has 0 aliphatic carbocycles. The van der Waals surface area contributed by atoms with Crippen LogP contribution < -0.4 is 5.32 Å². The zero-order valence-electron chi connectivity index (χ0n) is 10.9. The van der Waals surface area contributed by atoms with E-state index < -0.39 is 30.6 Å². The zero-order chi connectivity index (χ0) is 15.6. The molecule has 1 atom stereocenters. The minimum Gasteiger partial charge on any atom is -0.481 e. The van der Waals surface area contributed by atoms with Gasteiger partial charge >= 0.3 is 18.2 Å². The van der Waals surface area contributed by atoms with Gasteiger partial charge in [-0.2, -0.15) is 13.2 Å². The van der Waals surface area contributed by atoms with Crippen LogP contribution in [-0.4, -0.2) is 36.5 Å². The van der Waals surface area contributed by atoms with Crippen molar-refractivity contribution in [2.24, 2.45) is 5.92 Å². The Hall–Kier alpha value is -1.73. The maximum absolute atomic E-state index is 12.1. The number of hydrogen-bond acceptors (Lipinski definition) is 3. The van der Waals surface area contributed by atoms with Crippen molar-refractivity contribution in [1.29, 1.82) is 0 Å². The second kappa shape index (κ2) is 9.22. The van der Waals surface area contributed by atoms with Gasteiger partial charge in [0, 0.05) is 6.54 Å². The van der Waals surface area contributed by atoms with E-state index in [4.69, 9.17) is 5.11 Å². The van der Waals surface area contributed by atoms with Crippen molar-refractivity contribution in [2.45, 2.75) is 31.9 Å². The molecular weight excluding hydrogens is 279 g/mol. The van der Waals surface area contributed by atoms with Crippen LogP contribution in [0.25, 0.3) is 0 Å². The number of carbonyl (C=O) groups is 2. The molecule has 8 heteroatoms. The molecule has 5 nitrogen and oxygen atoms in total. The summed E-state index contributed by atoms with van der Waals surface area (Å²) in [4.78, 5) is 21.6. The molecule has 0 aliphatic heterocycles. The van der Waals surface area contributed by atoms with Crippen molar-refractivity contribution in [3.63, 3.8) is 0 Å². The van der Waals surface area contributed by atoms with Gasteiger partial charge in [0.1, 0.15) is 6.61 Å². The standard InChI is InChI=1S/C12H18F3NO4/c1-2-7-20-11(19)16-6-4-3-5-9(10(17)18)8-12(13,14)15/h2,9H,1,3-8H2,(H,16,19)(H,17,18). The molecule has 0 rings (SSSR count). The fraction of sp³-hybridized carbons (Fsp3) is 0.667. The first-order valence-corrected chi connectivity index (χ1v) is 6.07. The van der Waals surface area contributed by atoms with Crippen LogP contribution in [0.5, 0.6) is 0 Å². The van der Waals surface area contributed by atoms with Crippen molar-refractivity contribution < 1.29 is 32.6 Å². The smallest absolute Gasteiger partial charge is 0.407 e. The summed E-state index contributed by atoms with van der Waals surface area (Å²) in [7, 11) is 0. The van der Waals surface area contributed by atoms with Crippen LogP contribution in [-0.2, 0) is 9.53 Å². The van der Waals surface area contributed by atoms with Gasteiger partial charge in [0.05, 0.1) is 12.3 Å². The molecule has 0 aromatic rings. The van der Waals surface area contributed by atoms with E-state index in [0.717, 1.165) is 0 Å². The lowest BCUT2D eigenvalue weighted by Crippen LogP contribution is -2.26. The monoisotopic (exact) mass is 297 g/mol. The minimum atomic E-state index is -4.49. The molecule has 1 unspecified atom stereocenters. The van der Waals surface area contributed by atoms with Crippen molar-refractivity contribution >= 4 is 12.1 Å². The lowest BCUT2D eigenvalue weighted by molar-refractivity contribution is -0.164. The number of ether oxygens (including phenoxy) is 1. The number of alkyl carbamates (subject to hydrolysis) is 1. The van der Waals surface area contributed by atoms with Crippen LogP contribution in [0.4, 0.5) is 18.0 Å². The van der Waals surface area contributed by atoms with Crippen molar-refractivity contribution in [3.8, 4) is 0 Å². The second-order valence-electron chi connectivity index (χ2n) is 4.16. The fourth-order valence-electron chi connectivity index (χ4n) is 1.48. The van der Waals surface area contributed by atoms with Gasteiger partial charge in [-0.25, -0.2) is 4.79 Å². The second-order valence-corrected chi connectivity index (χ2v) is 4.16.